The van der Waals surface area contributed by atoms with Crippen LogP contribution in [0.4, 0.5) is 0 Å². The van der Waals surface area contributed by atoms with Gasteiger partial charge in [-0.05, 0) is 46.1 Å². The van der Waals surface area contributed by atoms with Crippen LogP contribution in [0.2, 0.25) is 0 Å². The first-order chi connectivity index (χ1) is 8.24. The van der Waals surface area contributed by atoms with Crippen LogP contribution >= 0.6 is 12.4 Å². The number of piperidine rings is 1. The Bertz CT molecular complexity index is 227. The lowest BCUT2D eigenvalue weighted by atomic mass is 9.92. The summed E-state index contributed by atoms with van der Waals surface area (Å²) in [6, 6.07) is 0.470. The van der Waals surface area contributed by atoms with Crippen molar-refractivity contribution in [3.05, 3.63) is 0 Å². The predicted octanol–water partition coefficient (Wildman–Crippen LogP) is 1.73. The third-order valence-corrected chi connectivity index (χ3v) is 3.21. The minimum Gasteiger partial charge on any atom is -0.382 e. The minimum atomic E-state index is 0. The average Bonchev–Trinajstić information content (AvgIpc) is 2.33. The second-order valence-corrected chi connectivity index (χ2v) is 4.77. The topological polar surface area (TPSA) is 50.4 Å². The van der Waals surface area contributed by atoms with Gasteiger partial charge in [-0.2, -0.15) is 0 Å². The summed E-state index contributed by atoms with van der Waals surface area (Å²) in [5.74, 6) is 0.438. The van der Waals surface area contributed by atoms with Gasteiger partial charge in [-0.25, -0.2) is 0 Å². The van der Waals surface area contributed by atoms with Crippen molar-refractivity contribution in [1.82, 2.24) is 10.6 Å². The first-order valence-electron chi connectivity index (χ1n) is 6.83. The number of rotatable bonds is 7. The number of halogens is 1. The molecular weight excluding hydrogens is 252 g/mol. The summed E-state index contributed by atoms with van der Waals surface area (Å²) in [5, 5.41) is 6.39. The van der Waals surface area contributed by atoms with E-state index in [1.165, 1.54) is 0 Å². The van der Waals surface area contributed by atoms with Crippen LogP contribution in [-0.2, 0) is 9.53 Å². The van der Waals surface area contributed by atoms with Crippen LogP contribution in [0.3, 0.4) is 0 Å². The number of amides is 1. The highest BCUT2D eigenvalue weighted by Gasteiger charge is 2.23. The lowest BCUT2D eigenvalue weighted by Gasteiger charge is -2.27. The van der Waals surface area contributed by atoms with E-state index in [1.54, 1.807) is 0 Å². The van der Waals surface area contributed by atoms with Gasteiger partial charge in [-0.15, -0.1) is 12.4 Å². The van der Waals surface area contributed by atoms with Crippen LogP contribution in [0.15, 0.2) is 0 Å². The first-order valence-corrected chi connectivity index (χ1v) is 6.83. The molecule has 0 aromatic rings. The third kappa shape index (κ3) is 7.19. The number of ether oxygens (including phenoxy) is 1. The Labute approximate surface area is 117 Å². The smallest absolute Gasteiger partial charge is 0.223 e. The zero-order valence-electron chi connectivity index (χ0n) is 11.5. The molecule has 18 heavy (non-hydrogen) atoms. The monoisotopic (exact) mass is 278 g/mol. The van der Waals surface area contributed by atoms with Crippen molar-refractivity contribution < 1.29 is 9.53 Å². The summed E-state index contributed by atoms with van der Waals surface area (Å²) >= 11 is 0. The molecule has 2 atom stereocenters. The summed E-state index contributed by atoms with van der Waals surface area (Å²) in [6.45, 7) is 7.46. The zero-order chi connectivity index (χ0) is 12.5. The highest BCUT2D eigenvalue weighted by atomic mass is 35.5. The van der Waals surface area contributed by atoms with Crippen molar-refractivity contribution in [2.24, 2.45) is 5.92 Å². The molecule has 0 aromatic carbocycles. The Kier molecular flexibility index (Phi) is 10.4. The number of hydrogen-bond donors (Lipinski definition) is 2. The Morgan fingerprint density at radius 2 is 2.22 bits per heavy atom. The van der Waals surface area contributed by atoms with Crippen molar-refractivity contribution >= 4 is 18.3 Å². The molecule has 0 unspecified atom stereocenters. The summed E-state index contributed by atoms with van der Waals surface area (Å²) < 4.78 is 5.25. The fourth-order valence-electron chi connectivity index (χ4n) is 2.20. The van der Waals surface area contributed by atoms with Gasteiger partial charge < -0.3 is 15.4 Å². The molecule has 0 aromatic heterocycles. The average molecular weight is 279 g/mol. The highest BCUT2D eigenvalue weighted by molar-refractivity contribution is 5.85. The van der Waals surface area contributed by atoms with Crippen LogP contribution in [-0.4, -0.2) is 38.3 Å². The molecule has 0 bridgehead atoms. The zero-order valence-corrected chi connectivity index (χ0v) is 12.4. The quantitative estimate of drug-likeness (QED) is 0.698. The first kappa shape index (κ1) is 17.7. The van der Waals surface area contributed by atoms with Crippen molar-refractivity contribution in [3.8, 4) is 0 Å². The van der Waals surface area contributed by atoms with Crippen LogP contribution in [0.25, 0.3) is 0 Å². The highest BCUT2D eigenvalue weighted by Crippen LogP contribution is 2.15. The van der Waals surface area contributed by atoms with E-state index in [-0.39, 0.29) is 24.2 Å². The van der Waals surface area contributed by atoms with Crippen molar-refractivity contribution in [1.29, 1.82) is 0 Å². The Morgan fingerprint density at radius 3 is 2.89 bits per heavy atom. The lowest BCUT2D eigenvalue weighted by molar-refractivity contribution is -0.126. The molecule has 0 saturated carbocycles. The maximum Gasteiger partial charge on any atom is 0.223 e. The maximum absolute atomic E-state index is 11.9. The molecule has 1 fully saturated rings. The lowest BCUT2D eigenvalue weighted by Crippen LogP contribution is -2.42. The molecule has 1 aliphatic heterocycles. The second-order valence-electron chi connectivity index (χ2n) is 4.77. The third-order valence-electron chi connectivity index (χ3n) is 3.21. The predicted molar refractivity (Wildman–Crippen MR) is 76.2 cm³/mol. The molecule has 1 rings (SSSR count). The normalized spacial score (nSPS) is 23.2. The van der Waals surface area contributed by atoms with Crippen LogP contribution in [0, 0.1) is 5.92 Å². The minimum absolute atomic E-state index is 0. The molecule has 5 heteroatoms. The maximum atomic E-state index is 11.9. The summed E-state index contributed by atoms with van der Waals surface area (Å²) in [4.78, 5) is 11.9. The summed E-state index contributed by atoms with van der Waals surface area (Å²) in [7, 11) is 0. The van der Waals surface area contributed by atoms with Gasteiger partial charge in [0.05, 0.1) is 0 Å². The van der Waals surface area contributed by atoms with Gasteiger partial charge in [0, 0.05) is 31.7 Å². The molecule has 1 heterocycles. The Balaban J connectivity index is 0.00000289. The Hall–Kier alpha value is -0.320. The summed E-state index contributed by atoms with van der Waals surface area (Å²) in [5.41, 5.74) is 0. The van der Waals surface area contributed by atoms with Gasteiger partial charge in [0.2, 0.25) is 5.91 Å². The number of carbonyl (C=O) groups is 1. The molecule has 0 spiro atoms. The van der Waals surface area contributed by atoms with E-state index in [0.717, 1.165) is 52.0 Å². The number of hydrogen-bond acceptors (Lipinski definition) is 3. The number of unbranched alkanes of at least 4 members (excludes halogenated alkanes) is 1. The fourth-order valence-corrected chi connectivity index (χ4v) is 2.20. The molecule has 108 valence electrons. The van der Waals surface area contributed by atoms with E-state index < -0.39 is 0 Å². The van der Waals surface area contributed by atoms with Gasteiger partial charge in [0.25, 0.3) is 0 Å². The molecule has 2 N–H and O–H groups in total. The molecule has 1 aliphatic rings. The van der Waals surface area contributed by atoms with Crippen LogP contribution in [0.5, 0.6) is 0 Å². The Morgan fingerprint density at radius 1 is 1.44 bits per heavy atom. The van der Waals surface area contributed by atoms with E-state index in [0.29, 0.717) is 6.04 Å². The molecule has 4 nitrogen and oxygen atoms in total. The molecule has 0 radical (unpaired) electrons. The largest absolute Gasteiger partial charge is 0.382 e. The van der Waals surface area contributed by atoms with Crippen LogP contribution in [0.1, 0.15) is 39.5 Å². The summed E-state index contributed by atoms with van der Waals surface area (Å²) in [6.07, 6.45) is 3.96. The van der Waals surface area contributed by atoms with Crippen molar-refractivity contribution in [3.63, 3.8) is 0 Å². The van der Waals surface area contributed by atoms with Crippen molar-refractivity contribution in [2.75, 3.05) is 26.3 Å². The van der Waals surface area contributed by atoms with Crippen molar-refractivity contribution in [2.45, 2.75) is 45.6 Å². The molecule has 1 amide bonds. The molecule has 0 aliphatic carbocycles. The standard InChI is InChI=1S/C13H26N2O2.ClH/c1-3-17-9-5-4-7-15-13(16)12-6-8-14-11(2)10-12;/h11-12,14H,3-10H2,1-2H3,(H,15,16);1H/t11-,12-;/m0./s1. The van der Waals surface area contributed by atoms with Gasteiger partial charge in [0.1, 0.15) is 0 Å². The van der Waals surface area contributed by atoms with Gasteiger partial charge in [0.15, 0.2) is 0 Å². The molecule has 1 saturated heterocycles. The van der Waals surface area contributed by atoms with E-state index in [2.05, 4.69) is 17.6 Å². The number of nitrogens with one attached hydrogen (secondary N) is 2. The second kappa shape index (κ2) is 10.6. The van der Waals surface area contributed by atoms with E-state index in [4.69, 9.17) is 4.74 Å². The van der Waals surface area contributed by atoms with Gasteiger partial charge >= 0.3 is 0 Å². The van der Waals surface area contributed by atoms with E-state index in [9.17, 15) is 4.79 Å². The SMILES string of the molecule is CCOCCCCNC(=O)[C@H]1CCN[C@@H](C)C1.Cl. The van der Waals surface area contributed by atoms with Gasteiger partial charge in [-0.1, -0.05) is 0 Å². The van der Waals surface area contributed by atoms with E-state index in [1.807, 2.05) is 6.92 Å². The fraction of sp³-hybridized carbons (Fsp3) is 0.923. The molecular formula is C13H27ClN2O2. The number of carbonyl (C=O) groups excluding carboxylic acids is 1. The van der Waals surface area contributed by atoms with E-state index >= 15 is 0 Å². The van der Waals surface area contributed by atoms with Crippen LogP contribution < -0.4 is 10.6 Å². The van der Waals surface area contributed by atoms with Gasteiger partial charge in [-0.3, -0.25) is 4.79 Å².